The smallest absolute Gasteiger partial charge is 0.323 e. The number of likely N-dealkylation sites (N-methyl/N-ethyl adjacent to an activating group) is 1. The van der Waals surface area contributed by atoms with Crippen molar-refractivity contribution in [1.82, 2.24) is 14.7 Å². The predicted molar refractivity (Wildman–Crippen MR) is 81.8 cm³/mol. The van der Waals surface area contributed by atoms with Crippen molar-refractivity contribution < 1.29 is 14.7 Å². The molecule has 0 radical (unpaired) electrons. The lowest BCUT2D eigenvalue weighted by Gasteiger charge is -2.14. The Morgan fingerprint density at radius 1 is 1.23 bits per heavy atom. The van der Waals surface area contributed by atoms with Crippen LogP contribution in [0.3, 0.4) is 0 Å². The summed E-state index contributed by atoms with van der Waals surface area (Å²) >= 11 is 0. The molecule has 0 saturated heterocycles. The molecule has 1 aromatic carbocycles. The number of aryl methyl sites for hydroxylation is 2. The van der Waals surface area contributed by atoms with Crippen LogP contribution in [-0.4, -0.2) is 45.3 Å². The number of hydrogen-bond donors (Lipinski definition) is 1. The molecule has 116 valence electrons. The van der Waals surface area contributed by atoms with Crippen molar-refractivity contribution in [3.05, 3.63) is 52.8 Å². The second-order valence-corrected chi connectivity index (χ2v) is 5.34. The van der Waals surface area contributed by atoms with E-state index in [1.165, 1.54) is 11.9 Å². The molecule has 1 aromatic heterocycles. The van der Waals surface area contributed by atoms with Gasteiger partial charge in [-0.2, -0.15) is 5.10 Å². The molecule has 0 aliphatic rings. The molecule has 0 atom stereocenters. The second-order valence-electron chi connectivity index (χ2n) is 5.34. The number of carbonyl (C=O) groups excluding carboxylic acids is 1. The third kappa shape index (κ3) is 3.72. The van der Waals surface area contributed by atoms with E-state index in [1.54, 1.807) is 12.1 Å². The van der Waals surface area contributed by atoms with E-state index in [2.05, 4.69) is 5.10 Å². The average molecular weight is 301 g/mol. The first-order valence-electron chi connectivity index (χ1n) is 6.94. The van der Waals surface area contributed by atoms with E-state index in [4.69, 9.17) is 5.11 Å². The highest BCUT2D eigenvalue weighted by Gasteiger charge is 2.14. The number of carboxylic acid groups (broad SMARTS) is 1. The summed E-state index contributed by atoms with van der Waals surface area (Å²) in [7, 11) is 1.47. The van der Waals surface area contributed by atoms with Crippen molar-refractivity contribution in [3.8, 4) is 0 Å². The van der Waals surface area contributed by atoms with Gasteiger partial charge in [-0.25, -0.2) is 0 Å². The summed E-state index contributed by atoms with van der Waals surface area (Å²) in [6.45, 7) is 4.27. The lowest BCUT2D eigenvalue weighted by Crippen LogP contribution is -2.31. The van der Waals surface area contributed by atoms with Gasteiger partial charge in [0.25, 0.3) is 5.91 Å². The minimum atomic E-state index is -1.03. The number of aromatic nitrogens is 2. The van der Waals surface area contributed by atoms with Crippen LogP contribution in [0.2, 0.25) is 0 Å². The summed E-state index contributed by atoms with van der Waals surface area (Å²) in [5, 5.41) is 13.1. The van der Waals surface area contributed by atoms with Crippen molar-refractivity contribution in [2.45, 2.75) is 20.4 Å². The number of carboxylic acids is 1. The summed E-state index contributed by atoms with van der Waals surface area (Å²) in [6.07, 6.45) is 0. The third-order valence-electron chi connectivity index (χ3n) is 3.36. The normalized spacial score (nSPS) is 10.5. The van der Waals surface area contributed by atoms with Gasteiger partial charge in [0, 0.05) is 18.3 Å². The van der Waals surface area contributed by atoms with Gasteiger partial charge < -0.3 is 10.0 Å². The second kappa shape index (κ2) is 6.43. The summed E-state index contributed by atoms with van der Waals surface area (Å²) in [4.78, 5) is 23.9. The Hall–Kier alpha value is -2.63. The van der Waals surface area contributed by atoms with Gasteiger partial charge >= 0.3 is 5.97 Å². The maximum absolute atomic E-state index is 12.1. The molecule has 0 aliphatic carbocycles. The standard InChI is InChI=1S/C16H19N3O3/c1-11-8-12(2)19(17-11)9-13-4-6-14(7-5-13)16(22)18(3)10-15(20)21/h4-8H,9-10H2,1-3H3,(H,20,21). The number of benzene rings is 1. The number of rotatable bonds is 5. The summed E-state index contributed by atoms with van der Waals surface area (Å²) < 4.78 is 1.91. The average Bonchev–Trinajstić information content (AvgIpc) is 2.76. The molecule has 0 bridgehead atoms. The zero-order valence-electron chi connectivity index (χ0n) is 12.9. The molecule has 6 nitrogen and oxygen atoms in total. The Bertz CT molecular complexity index is 689. The number of carbonyl (C=O) groups is 2. The predicted octanol–water partition coefficient (Wildman–Crippen LogP) is 1.70. The van der Waals surface area contributed by atoms with Crippen LogP contribution in [0.5, 0.6) is 0 Å². The Morgan fingerprint density at radius 3 is 2.36 bits per heavy atom. The van der Waals surface area contributed by atoms with Crippen LogP contribution in [0.1, 0.15) is 27.3 Å². The minimum absolute atomic E-state index is 0.305. The molecule has 1 amide bonds. The number of amides is 1. The van der Waals surface area contributed by atoms with Crippen molar-refractivity contribution in [3.63, 3.8) is 0 Å². The fraction of sp³-hybridized carbons (Fsp3) is 0.312. The molecule has 2 rings (SSSR count). The van der Waals surface area contributed by atoms with Gasteiger partial charge in [0.1, 0.15) is 6.54 Å². The van der Waals surface area contributed by atoms with Crippen LogP contribution in [0.25, 0.3) is 0 Å². The van der Waals surface area contributed by atoms with E-state index in [0.29, 0.717) is 12.1 Å². The van der Waals surface area contributed by atoms with Crippen LogP contribution in [0.4, 0.5) is 0 Å². The first-order chi connectivity index (χ1) is 10.4. The van der Waals surface area contributed by atoms with E-state index >= 15 is 0 Å². The molecule has 2 aromatic rings. The van der Waals surface area contributed by atoms with E-state index in [9.17, 15) is 9.59 Å². The molecular formula is C16H19N3O3. The molecule has 0 fully saturated rings. The number of nitrogens with zero attached hydrogens (tertiary/aromatic N) is 3. The van der Waals surface area contributed by atoms with E-state index in [-0.39, 0.29) is 12.5 Å². The first-order valence-corrected chi connectivity index (χ1v) is 6.94. The van der Waals surface area contributed by atoms with Crippen LogP contribution in [0, 0.1) is 13.8 Å². The van der Waals surface area contributed by atoms with Crippen molar-refractivity contribution >= 4 is 11.9 Å². The summed E-state index contributed by atoms with van der Waals surface area (Å²) in [6, 6.07) is 9.15. The largest absolute Gasteiger partial charge is 0.480 e. The Kier molecular flexibility index (Phi) is 4.60. The number of hydrogen-bond acceptors (Lipinski definition) is 3. The highest BCUT2D eigenvalue weighted by atomic mass is 16.4. The number of aliphatic carboxylic acids is 1. The van der Waals surface area contributed by atoms with Crippen LogP contribution >= 0.6 is 0 Å². The molecule has 0 saturated carbocycles. The molecular weight excluding hydrogens is 282 g/mol. The van der Waals surface area contributed by atoms with Gasteiger partial charge in [-0.05, 0) is 37.6 Å². The summed E-state index contributed by atoms with van der Waals surface area (Å²) in [5.41, 5.74) is 3.56. The highest BCUT2D eigenvalue weighted by molar-refractivity contribution is 5.95. The SMILES string of the molecule is Cc1cc(C)n(Cc2ccc(C(=O)N(C)CC(=O)O)cc2)n1. The zero-order valence-corrected chi connectivity index (χ0v) is 12.9. The van der Waals surface area contributed by atoms with Crippen molar-refractivity contribution in [1.29, 1.82) is 0 Å². The molecule has 0 aliphatic heterocycles. The van der Waals surface area contributed by atoms with E-state index in [0.717, 1.165) is 17.0 Å². The Morgan fingerprint density at radius 2 is 1.86 bits per heavy atom. The monoisotopic (exact) mass is 301 g/mol. The van der Waals surface area contributed by atoms with Crippen LogP contribution in [0.15, 0.2) is 30.3 Å². The zero-order chi connectivity index (χ0) is 16.3. The Labute approximate surface area is 129 Å². The molecule has 6 heteroatoms. The van der Waals surface area contributed by atoms with E-state index < -0.39 is 5.97 Å². The lowest BCUT2D eigenvalue weighted by molar-refractivity contribution is -0.137. The maximum atomic E-state index is 12.1. The summed E-state index contributed by atoms with van der Waals surface area (Å²) in [5.74, 6) is -1.34. The van der Waals surface area contributed by atoms with Gasteiger partial charge in [-0.3, -0.25) is 14.3 Å². The maximum Gasteiger partial charge on any atom is 0.323 e. The van der Waals surface area contributed by atoms with Crippen LogP contribution < -0.4 is 0 Å². The van der Waals surface area contributed by atoms with Gasteiger partial charge in [-0.15, -0.1) is 0 Å². The molecule has 1 heterocycles. The lowest BCUT2D eigenvalue weighted by atomic mass is 10.1. The van der Waals surface area contributed by atoms with Gasteiger partial charge in [0.2, 0.25) is 0 Å². The third-order valence-corrected chi connectivity index (χ3v) is 3.36. The topological polar surface area (TPSA) is 75.4 Å². The molecule has 0 unspecified atom stereocenters. The Balaban J connectivity index is 2.08. The molecule has 1 N–H and O–H groups in total. The fourth-order valence-electron chi connectivity index (χ4n) is 2.26. The minimum Gasteiger partial charge on any atom is -0.480 e. The van der Waals surface area contributed by atoms with Gasteiger partial charge in [0.15, 0.2) is 0 Å². The van der Waals surface area contributed by atoms with Crippen molar-refractivity contribution in [2.24, 2.45) is 0 Å². The first kappa shape index (κ1) is 15.8. The van der Waals surface area contributed by atoms with Gasteiger partial charge in [0.05, 0.1) is 12.2 Å². The quantitative estimate of drug-likeness (QED) is 0.912. The van der Waals surface area contributed by atoms with Crippen molar-refractivity contribution in [2.75, 3.05) is 13.6 Å². The van der Waals surface area contributed by atoms with E-state index in [1.807, 2.05) is 36.7 Å². The highest BCUT2D eigenvalue weighted by Crippen LogP contribution is 2.10. The van der Waals surface area contributed by atoms with Gasteiger partial charge in [-0.1, -0.05) is 12.1 Å². The fourth-order valence-corrected chi connectivity index (χ4v) is 2.26. The molecule has 22 heavy (non-hydrogen) atoms. The molecule has 0 spiro atoms. The van der Waals surface area contributed by atoms with Crippen LogP contribution in [-0.2, 0) is 11.3 Å².